The van der Waals surface area contributed by atoms with Gasteiger partial charge in [0.25, 0.3) is 5.91 Å². The van der Waals surface area contributed by atoms with Gasteiger partial charge in [-0.3, -0.25) is 4.79 Å². The molecule has 0 spiro atoms. The molecular weight excluding hydrogens is 314 g/mol. The summed E-state index contributed by atoms with van der Waals surface area (Å²) in [5.41, 5.74) is 0.748. The van der Waals surface area contributed by atoms with Crippen LogP contribution in [0.3, 0.4) is 0 Å². The number of carbonyl (C=O) groups is 1. The summed E-state index contributed by atoms with van der Waals surface area (Å²) in [6.45, 7) is 1.66. The Labute approximate surface area is 129 Å². The van der Waals surface area contributed by atoms with Crippen LogP contribution in [-0.2, 0) is 0 Å². The number of rotatable bonds is 4. The van der Waals surface area contributed by atoms with E-state index in [1.54, 1.807) is 6.92 Å². The predicted octanol–water partition coefficient (Wildman–Crippen LogP) is 4.22. The van der Waals surface area contributed by atoms with Gasteiger partial charge in [-0.2, -0.15) is 0 Å². The summed E-state index contributed by atoms with van der Waals surface area (Å²) in [7, 11) is 0. The van der Waals surface area contributed by atoms with Crippen LogP contribution in [0.25, 0.3) is 0 Å². The molecule has 7 heteroatoms. The van der Waals surface area contributed by atoms with Gasteiger partial charge in [0.2, 0.25) is 0 Å². The fourth-order valence-corrected chi connectivity index (χ4v) is 1.95. The number of ether oxygens (including phenoxy) is 1. The second-order valence-corrected chi connectivity index (χ2v) is 4.82. The molecule has 3 nitrogen and oxygen atoms in total. The third kappa shape index (κ3) is 4.98. The highest BCUT2D eigenvalue weighted by Crippen LogP contribution is 2.24. The number of nitrogens with one attached hydrogen (secondary N) is 1. The van der Waals surface area contributed by atoms with Gasteiger partial charge in [0.15, 0.2) is 0 Å². The molecule has 2 rings (SSSR count). The van der Waals surface area contributed by atoms with E-state index in [4.69, 9.17) is 0 Å². The Morgan fingerprint density at radius 2 is 1.78 bits per heavy atom. The molecule has 0 heterocycles. The Hall–Kier alpha value is -2.57. The van der Waals surface area contributed by atoms with E-state index >= 15 is 0 Å². The average molecular weight is 327 g/mol. The van der Waals surface area contributed by atoms with Gasteiger partial charge in [-0.15, -0.1) is 13.2 Å². The topological polar surface area (TPSA) is 38.3 Å². The van der Waals surface area contributed by atoms with Crippen molar-refractivity contribution in [2.45, 2.75) is 19.3 Å². The van der Waals surface area contributed by atoms with E-state index in [0.29, 0.717) is 5.56 Å². The Kier molecular flexibility index (Phi) is 4.88. The lowest BCUT2D eigenvalue weighted by Gasteiger charge is -2.15. The minimum absolute atomic E-state index is 0.161. The fraction of sp³-hybridized carbons (Fsp3) is 0.188. The average Bonchev–Trinajstić information content (AvgIpc) is 2.46. The maximum atomic E-state index is 13.1. The number of hydrogen-bond acceptors (Lipinski definition) is 2. The molecule has 0 saturated carbocycles. The Bertz CT molecular complexity index is 683. The molecule has 0 bridgehead atoms. The maximum absolute atomic E-state index is 13.1. The third-order valence-electron chi connectivity index (χ3n) is 3.05. The molecule has 0 aromatic heterocycles. The molecule has 0 aliphatic heterocycles. The number of halogens is 4. The molecule has 0 aliphatic rings. The molecule has 0 aliphatic carbocycles. The summed E-state index contributed by atoms with van der Waals surface area (Å²) in [6.07, 6.45) is -4.75. The zero-order valence-electron chi connectivity index (χ0n) is 12.0. The van der Waals surface area contributed by atoms with Crippen LogP contribution < -0.4 is 10.1 Å². The minimum atomic E-state index is -4.75. The molecule has 1 N–H and O–H groups in total. The second-order valence-electron chi connectivity index (χ2n) is 4.82. The fourth-order valence-electron chi connectivity index (χ4n) is 1.95. The minimum Gasteiger partial charge on any atom is -0.406 e. The van der Waals surface area contributed by atoms with Crippen LogP contribution in [0.15, 0.2) is 48.5 Å². The van der Waals surface area contributed by atoms with Crippen molar-refractivity contribution in [3.05, 3.63) is 65.5 Å². The van der Waals surface area contributed by atoms with Crippen molar-refractivity contribution in [3.8, 4) is 5.75 Å². The Balaban J connectivity index is 2.03. The van der Waals surface area contributed by atoms with E-state index in [2.05, 4.69) is 10.1 Å². The van der Waals surface area contributed by atoms with Crippen LogP contribution in [0.2, 0.25) is 0 Å². The summed E-state index contributed by atoms with van der Waals surface area (Å²) in [5, 5.41) is 2.64. The SMILES string of the molecule is CC(NC(=O)c1cccc(F)c1)c1ccc(OC(F)(F)F)cc1. The molecule has 1 amide bonds. The van der Waals surface area contributed by atoms with Gasteiger partial charge in [0, 0.05) is 5.56 Å². The standard InChI is InChI=1S/C16H13F4NO2/c1-10(21-15(22)12-3-2-4-13(17)9-12)11-5-7-14(8-6-11)23-16(18,19)20/h2-10H,1H3,(H,21,22). The normalized spacial score (nSPS) is 12.6. The zero-order valence-corrected chi connectivity index (χ0v) is 12.0. The van der Waals surface area contributed by atoms with E-state index in [0.717, 1.165) is 18.2 Å². The first-order chi connectivity index (χ1) is 10.7. The Morgan fingerprint density at radius 1 is 1.13 bits per heavy atom. The van der Waals surface area contributed by atoms with Crippen molar-refractivity contribution in [1.29, 1.82) is 0 Å². The largest absolute Gasteiger partial charge is 0.573 e. The van der Waals surface area contributed by atoms with Crippen molar-refractivity contribution < 1.29 is 27.1 Å². The van der Waals surface area contributed by atoms with E-state index in [1.165, 1.54) is 30.3 Å². The van der Waals surface area contributed by atoms with Gasteiger partial charge in [0.1, 0.15) is 11.6 Å². The number of hydrogen-bond donors (Lipinski definition) is 1. The van der Waals surface area contributed by atoms with Gasteiger partial charge in [-0.25, -0.2) is 4.39 Å². The molecule has 122 valence electrons. The first-order valence-electron chi connectivity index (χ1n) is 6.67. The van der Waals surface area contributed by atoms with Crippen molar-refractivity contribution in [2.24, 2.45) is 0 Å². The number of carbonyl (C=O) groups excluding carboxylic acids is 1. The molecule has 0 saturated heterocycles. The number of alkyl halides is 3. The first kappa shape index (κ1) is 16.8. The first-order valence-corrected chi connectivity index (χ1v) is 6.67. The van der Waals surface area contributed by atoms with Crippen molar-refractivity contribution in [1.82, 2.24) is 5.32 Å². The lowest BCUT2D eigenvalue weighted by atomic mass is 10.1. The predicted molar refractivity (Wildman–Crippen MR) is 75.4 cm³/mol. The Morgan fingerprint density at radius 3 is 2.35 bits per heavy atom. The summed E-state index contributed by atoms with van der Waals surface area (Å²) in [4.78, 5) is 12.0. The number of benzene rings is 2. The molecule has 2 aromatic carbocycles. The van der Waals surface area contributed by atoms with Crippen LogP contribution in [0.4, 0.5) is 17.6 Å². The van der Waals surface area contributed by atoms with Gasteiger partial charge in [0.05, 0.1) is 6.04 Å². The molecular formula is C16H13F4NO2. The van der Waals surface area contributed by atoms with Crippen LogP contribution in [0, 0.1) is 5.82 Å². The van der Waals surface area contributed by atoms with Crippen LogP contribution in [-0.4, -0.2) is 12.3 Å². The van der Waals surface area contributed by atoms with Gasteiger partial charge < -0.3 is 10.1 Å². The summed E-state index contributed by atoms with van der Waals surface area (Å²) >= 11 is 0. The van der Waals surface area contributed by atoms with E-state index in [-0.39, 0.29) is 11.3 Å². The van der Waals surface area contributed by atoms with Gasteiger partial charge in [-0.1, -0.05) is 18.2 Å². The highest BCUT2D eigenvalue weighted by molar-refractivity contribution is 5.94. The van der Waals surface area contributed by atoms with Crippen molar-refractivity contribution in [2.75, 3.05) is 0 Å². The van der Waals surface area contributed by atoms with Crippen LogP contribution in [0.5, 0.6) is 5.75 Å². The quantitative estimate of drug-likeness (QED) is 0.854. The molecule has 0 radical (unpaired) electrons. The maximum Gasteiger partial charge on any atom is 0.573 e. The lowest BCUT2D eigenvalue weighted by molar-refractivity contribution is -0.274. The summed E-state index contributed by atoms with van der Waals surface area (Å²) in [6, 6.07) is 9.88. The van der Waals surface area contributed by atoms with Crippen LogP contribution in [0.1, 0.15) is 28.9 Å². The summed E-state index contributed by atoms with van der Waals surface area (Å²) < 4.78 is 53.1. The highest BCUT2D eigenvalue weighted by atomic mass is 19.4. The number of amides is 1. The smallest absolute Gasteiger partial charge is 0.406 e. The second kappa shape index (κ2) is 6.68. The summed E-state index contributed by atoms with van der Waals surface area (Å²) in [5.74, 6) is -1.35. The highest BCUT2D eigenvalue weighted by Gasteiger charge is 2.31. The van der Waals surface area contributed by atoms with E-state index in [1.807, 2.05) is 0 Å². The molecule has 1 atom stereocenters. The third-order valence-corrected chi connectivity index (χ3v) is 3.05. The molecule has 0 fully saturated rings. The zero-order chi connectivity index (χ0) is 17.0. The van der Waals surface area contributed by atoms with E-state index < -0.39 is 24.1 Å². The molecule has 1 unspecified atom stereocenters. The monoisotopic (exact) mass is 327 g/mol. The van der Waals surface area contributed by atoms with Crippen molar-refractivity contribution >= 4 is 5.91 Å². The molecule has 23 heavy (non-hydrogen) atoms. The van der Waals surface area contributed by atoms with Crippen molar-refractivity contribution in [3.63, 3.8) is 0 Å². The van der Waals surface area contributed by atoms with E-state index in [9.17, 15) is 22.4 Å². The lowest BCUT2D eigenvalue weighted by Crippen LogP contribution is -2.26. The van der Waals surface area contributed by atoms with Gasteiger partial charge in [-0.05, 0) is 42.8 Å². The molecule has 2 aromatic rings. The van der Waals surface area contributed by atoms with Crippen LogP contribution >= 0.6 is 0 Å². The van der Waals surface area contributed by atoms with Gasteiger partial charge >= 0.3 is 6.36 Å².